The molecule has 18 heavy (non-hydrogen) atoms. The van der Waals surface area contributed by atoms with Crippen molar-refractivity contribution in [2.45, 2.75) is 0 Å². The van der Waals surface area contributed by atoms with Crippen molar-refractivity contribution < 1.29 is 4.42 Å². The van der Waals surface area contributed by atoms with E-state index in [4.69, 9.17) is 16.0 Å². The van der Waals surface area contributed by atoms with E-state index in [1.54, 1.807) is 6.26 Å². The Balaban J connectivity index is 2.16. The highest BCUT2D eigenvalue weighted by molar-refractivity contribution is 6.33. The van der Waals surface area contributed by atoms with Gasteiger partial charge < -0.3 is 4.42 Å². The van der Waals surface area contributed by atoms with Crippen molar-refractivity contribution in [2.24, 2.45) is 0 Å². The first-order chi connectivity index (χ1) is 8.86. The molecule has 0 amide bonds. The van der Waals surface area contributed by atoms with Gasteiger partial charge in [-0.05, 0) is 23.8 Å². The van der Waals surface area contributed by atoms with Crippen LogP contribution in [0.1, 0.15) is 0 Å². The van der Waals surface area contributed by atoms with Crippen LogP contribution in [0.5, 0.6) is 0 Å². The van der Waals surface area contributed by atoms with E-state index >= 15 is 0 Å². The molecule has 88 valence electrons. The summed E-state index contributed by atoms with van der Waals surface area (Å²) in [5.41, 5.74) is 3.10. The molecule has 3 aromatic rings. The van der Waals surface area contributed by atoms with Crippen molar-refractivity contribution in [3.8, 4) is 22.5 Å². The summed E-state index contributed by atoms with van der Waals surface area (Å²) in [4.78, 5) is 0. The van der Waals surface area contributed by atoms with Crippen molar-refractivity contribution >= 4 is 11.6 Å². The van der Waals surface area contributed by atoms with Crippen LogP contribution in [0, 0.1) is 0 Å². The molecule has 1 aromatic heterocycles. The van der Waals surface area contributed by atoms with E-state index in [0.29, 0.717) is 5.02 Å². The third-order valence-electron chi connectivity index (χ3n) is 2.87. The maximum absolute atomic E-state index is 6.22. The van der Waals surface area contributed by atoms with Gasteiger partial charge in [-0.3, -0.25) is 0 Å². The zero-order valence-electron chi connectivity index (χ0n) is 9.64. The molecule has 1 nitrogen and oxygen atoms in total. The summed E-state index contributed by atoms with van der Waals surface area (Å²) < 4.78 is 5.60. The van der Waals surface area contributed by atoms with Gasteiger partial charge in [0.1, 0.15) is 5.76 Å². The molecule has 0 radical (unpaired) electrons. The molecule has 0 spiro atoms. The lowest BCUT2D eigenvalue weighted by atomic mass is 10.0. The average Bonchev–Trinajstić information content (AvgIpc) is 2.89. The summed E-state index contributed by atoms with van der Waals surface area (Å²) >= 11 is 6.22. The fraction of sp³-hybridized carbons (Fsp3) is 0. The highest BCUT2D eigenvalue weighted by Crippen LogP contribution is 2.36. The van der Waals surface area contributed by atoms with Gasteiger partial charge in [0.05, 0.1) is 11.3 Å². The number of hydrogen-bond donors (Lipinski definition) is 0. The van der Waals surface area contributed by atoms with Gasteiger partial charge in [-0.1, -0.05) is 54.1 Å². The molecule has 0 atom stereocenters. The van der Waals surface area contributed by atoms with Crippen molar-refractivity contribution in [1.29, 1.82) is 0 Å². The van der Waals surface area contributed by atoms with Gasteiger partial charge in [-0.15, -0.1) is 0 Å². The zero-order chi connectivity index (χ0) is 12.4. The van der Waals surface area contributed by atoms with Crippen molar-refractivity contribution in [3.05, 3.63) is 71.9 Å². The summed E-state index contributed by atoms with van der Waals surface area (Å²) in [5, 5.41) is 0.699. The third kappa shape index (κ3) is 1.93. The first kappa shape index (κ1) is 11.1. The molecular formula is C16H11ClO. The maximum atomic E-state index is 6.22. The lowest BCUT2D eigenvalue weighted by Gasteiger charge is -2.04. The van der Waals surface area contributed by atoms with Crippen molar-refractivity contribution in [2.75, 3.05) is 0 Å². The van der Waals surface area contributed by atoms with Crippen LogP contribution >= 0.6 is 11.6 Å². The standard InChI is InChI=1S/C16H11ClO/c17-15-9-5-4-8-14(15)16-13(10-11-18-16)12-6-2-1-3-7-12/h1-11H. The molecule has 1 heterocycles. The molecule has 0 saturated carbocycles. The molecule has 2 heteroatoms. The van der Waals surface area contributed by atoms with Crippen LogP contribution in [-0.2, 0) is 0 Å². The number of benzene rings is 2. The fourth-order valence-corrected chi connectivity index (χ4v) is 2.23. The molecule has 0 aliphatic carbocycles. The Labute approximate surface area is 111 Å². The van der Waals surface area contributed by atoms with Gasteiger partial charge in [0, 0.05) is 11.1 Å². The minimum atomic E-state index is 0.699. The molecule has 3 rings (SSSR count). The monoisotopic (exact) mass is 254 g/mol. The predicted molar refractivity (Wildman–Crippen MR) is 74.6 cm³/mol. The quantitative estimate of drug-likeness (QED) is 0.607. The highest BCUT2D eigenvalue weighted by Gasteiger charge is 2.12. The van der Waals surface area contributed by atoms with Gasteiger partial charge >= 0.3 is 0 Å². The second-order valence-corrected chi connectivity index (χ2v) is 4.42. The summed E-state index contributed by atoms with van der Waals surface area (Å²) in [7, 11) is 0. The van der Waals surface area contributed by atoms with Crippen LogP contribution in [-0.4, -0.2) is 0 Å². The molecule has 0 bridgehead atoms. The van der Waals surface area contributed by atoms with E-state index in [1.807, 2.05) is 48.5 Å². The van der Waals surface area contributed by atoms with E-state index in [9.17, 15) is 0 Å². The molecule has 2 aromatic carbocycles. The lowest BCUT2D eigenvalue weighted by molar-refractivity contribution is 0.583. The normalized spacial score (nSPS) is 10.5. The van der Waals surface area contributed by atoms with E-state index < -0.39 is 0 Å². The van der Waals surface area contributed by atoms with Gasteiger partial charge in [0.25, 0.3) is 0 Å². The second-order valence-electron chi connectivity index (χ2n) is 4.01. The molecule has 0 unspecified atom stereocenters. The molecule has 0 saturated heterocycles. The summed E-state index contributed by atoms with van der Waals surface area (Å²) in [6.45, 7) is 0. The molecule has 0 aliphatic rings. The highest BCUT2D eigenvalue weighted by atomic mass is 35.5. The first-order valence-electron chi connectivity index (χ1n) is 5.74. The second kappa shape index (κ2) is 4.71. The topological polar surface area (TPSA) is 13.1 Å². The van der Waals surface area contributed by atoms with E-state index in [0.717, 1.165) is 22.5 Å². The average molecular weight is 255 g/mol. The number of halogens is 1. The van der Waals surface area contributed by atoms with Crippen LogP contribution in [0.4, 0.5) is 0 Å². The molecule has 0 N–H and O–H groups in total. The zero-order valence-corrected chi connectivity index (χ0v) is 10.4. The minimum absolute atomic E-state index is 0.699. The minimum Gasteiger partial charge on any atom is -0.464 e. The Morgan fingerprint density at radius 2 is 1.44 bits per heavy atom. The predicted octanol–water partition coefficient (Wildman–Crippen LogP) is 5.27. The molecular weight excluding hydrogens is 244 g/mol. The van der Waals surface area contributed by atoms with Crippen LogP contribution < -0.4 is 0 Å². The number of furan rings is 1. The van der Waals surface area contributed by atoms with Crippen molar-refractivity contribution in [3.63, 3.8) is 0 Å². The molecule has 0 fully saturated rings. The Kier molecular flexibility index (Phi) is 2.91. The Morgan fingerprint density at radius 1 is 0.722 bits per heavy atom. The summed E-state index contributed by atoms with van der Waals surface area (Å²) in [5.74, 6) is 0.812. The van der Waals surface area contributed by atoms with Crippen LogP contribution in [0.3, 0.4) is 0 Å². The fourth-order valence-electron chi connectivity index (χ4n) is 2.01. The summed E-state index contributed by atoms with van der Waals surface area (Å²) in [6, 6.07) is 19.8. The smallest absolute Gasteiger partial charge is 0.143 e. The number of hydrogen-bond acceptors (Lipinski definition) is 1. The van der Waals surface area contributed by atoms with E-state index in [2.05, 4.69) is 12.1 Å². The van der Waals surface area contributed by atoms with Gasteiger partial charge in [-0.25, -0.2) is 0 Å². The van der Waals surface area contributed by atoms with Crippen LogP contribution in [0.2, 0.25) is 5.02 Å². The Morgan fingerprint density at radius 3 is 2.22 bits per heavy atom. The maximum Gasteiger partial charge on any atom is 0.143 e. The first-order valence-corrected chi connectivity index (χ1v) is 6.12. The Hall–Kier alpha value is -1.99. The van der Waals surface area contributed by atoms with Gasteiger partial charge in [0.2, 0.25) is 0 Å². The van der Waals surface area contributed by atoms with Crippen molar-refractivity contribution in [1.82, 2.24) is 0 Å². The Bertz CT molecular complexity index is 656. The third-order valence-corrected chi connectivity index (χ3v) is 3.20. The SMILES string of the molecule is Clc1ccccc1-c1occc1-c1ccccc1. The summed E-state index contributed by atoms with van der Waals surface area (Å²) in [6.07, 6.45) is 1.70. The van der Waals surface area contributed by atoms with Crippen LogP contribution in [0.25, 0.3) is 22.5 Å². The van der Waals surface area contributed by atoms with E-state index in [-0.39, 0.29) is 0 Å². The number of rotatable bonds is 2. The van der Waals surface area contributed by atoms with Crippen LogP contribution in [0.15, 0.2) is 71.3 Å². The van der Waals surface area contributed by atoms with E-state index in [1.165, 1.54) is 0 Å². The molecule has 0 aliphatic heterocycles. The largest absolute Gasteiger partial charge is 0.464 e. The van der Waals surface area contributed by atoms with Gasteiger partial charge in [0.15, 0.2) is 0 Å². The van der Waals surface area contributed by atoms with Gasteiger partial charge in [-0.2, -0.15) is 0 Å². The lowest BCUT2D eigenvalue weighted by Crippen LogP contribution is -1.80.